The topological polar surface area (TPSA) is 45.2 Å². The SMILES string of the molecule is Cc1cc(N2CCN(c3ncc(C(F)(F)F)cc3Cl)CC2)nc(C(C)C)n1. The highest BCUT2D eigenvalue weighted by Gasteiger charge is 2.32. The highest BCUT2D eigenvalue weighted by Crippen LogP contribution is 2.34. The van der Waals surface area contributed by atoms with Crippen LogP contribution in [0.25, 0.3) is 0 Å². The molecule has 1 aliphatic heterocycles. The summed E-state index contributed by atoms with van der Waals surface area (Å²) in [5, 5.41) is 0.0123. The molecule has 0 saturated carbocycles. The molecule has 1 fully saturated rings. The van der Waals surface area contributed by atoms with Gasteiger partial charge < -0.3 is 9.80 Å². The monoisotopic (exact) mass is 399 g/mol. The molecule has 2 aromatic heterocycles. The first-order valence-electron chi connectivity index (χ1n) is 8.73. The van der Waals surface area contributed by atoms with Gasteiger partial charge >= 0.3 is 6.18 Å². The number of aromatic nitrogens is 3. The molecular formula is C18H21ClF3N5. The molecular weight excluding hydrogens is 379 g/mol. The molecule has 27 heavy (non-hydrogen) atoms. The molecule has 0 amide bonds. The van der Waals surface area contributed by atoms with Gasteiger partial charge in [0.2, 0.25) is 0 Å². The van der Waals surface area contributed by atoms with Gasteiger partial charge in [0.25, 0.3) is 0 Å². The lowest BCUT2D eigenvalue weighted by Gasteiger charge is -2.36. The maximum absolute atomic E-state index is 12.8. The molecule has 3 rings (SSSR count). The first-order valence-corrected chi connectivity index (χ1v) is 9.11. The highest BCUT2D eigenvalue weighted by atomic mass is 35.5. The van der Waals surface area contributed by atoms with E-state index in [1.54, 1.807) is 0 Å². The summed E-state index contributed by atoms with van der Waals surface area (Å²) in [5.41, 5.74) is 0.0751. The molecule has 0 spiro atoms. The van der Waals surface area contributed by atoms with Crippen molar-refractivity contribution >= 4 is 23.2 Å². The Kier molecular flexibility index (Phi) is 5.46. The van der Waals surface area contributed by atoms with Gasteiger partial charge in [-0.05, 0) is 13.0 Å². The van der Waals surface area contributed by atoms with Crippen LogP contribution in [0.3, 0.4) is 0 Å². The van der Waals surface area contributed by atoms with Crippen molar-refractivity contribution in [2.45, 2.75) is 32.9 Å². The minimum absolute atomic E-state index is 0.0123. The fourth-order valence-corrected chi connectivity index (χ4v) is 3.25. The van der Waals surface area contributed by atoms with E-state index >= 15 is 0 Å². The molecule has 0 N–H and O–H groups in total. The van der Waals surface area contributed by atoms with Crippen LogP contribution in [-0.4, -0.2) is 41.1 Å². The van der Waals surface area contributed by atoms with E-state index in [1.165, 1.54) is 0 Å². The Labute approximate surface area is 161 Å². The predicted molar refractivity (Wildman–Crippen MR) is 99.5 cm³/mol. The smallest absolute Gasteiger partial charge is 0.353 e. The lowest BCUT2D eigenvalue weighted by atomic mass is 10.2. The van der Waals surface area contributed by atoms with Gasteiger partial charge in [0.1, 0.15) is 17.5 Å². The van der Waals surface area contributed by atoms with Crippen LogP contribution in [0.15, 0.2) is 18.3 Å². The number of aryl methyl sites for hydroxylation is 1. The number of rotatable bonds is 3. The Bertz CT molecular complexity index is 817. The normalized spacial score (nSPS) is 15.6. The molecule has 1 aliphatic rings. The third-order valence-corrected chi connectivity index (χ3v) is 4.70. The Balaban J connectivity index is 1.73. The van der Waals surface area contributed by atoms with Crippen molar-refractivity contribution in [2.24, 2.45) is 0 Å². The molecule has 3 heterocycles. The molecule has 9 heteroatoms. The minimum atomic E-state index is -4.45. The fraction of sp³-hybridized carbons (Fsp3) is 0.500. The van der Waals surface area contributed by atoms with Crippen molar-refractivity contribution < 1.29 is 13.2 Å². The molecule has 0 bridgehead atoms. The number of alkyl halides is 3. The van der Waals surface area contributed by atoms with Crippen molar-refractivity contribution in [3.63, 3.8) is 0 Å². The van der Waals surface area contributed by atoms with Gasteiger partial charge in [-0.1, -0.05) is 25.4 Å². The third-order valence-electron chi connectivity index (χ3n) is 4.43. The standard InChI is InChI=1S/C18H21ClF3N5/c1-11(2)16-24-12(3)8-15(25-16)26-4-6-27(7-5-26)17-14(19)9-13(10-23-17)18(20,21)22/h8-11H,4-7H2,1-3H3. The first-order chi connectivity index (χ1) is 12.6. The van der Waals surface area contributed by atoms with E-state index < -0.39 is 11.7 Å². The lowest BCUT2D eigenvalue weighted by Crippen LogP contribution is -2.47. The van der Waals surface area contributed by atoms with Crippen LogP contribution in [0.5, 0.6) is 0 Å². The quantitative estimate of drug-likeness (QED) is 0.769. The van der Waals surface area contributed by atoms with Gasteiger partial charge in [0.05, 0.1) is 10.6 Å². The van der Waals surface area contributed by atoms with Gasteiger partial charge in [-0.2, -0.15) is 13.2 Å². The van der Waals surface area contributed by atoms with E-state index in [0.717, 1.165) is 29.6 Å². The summed E-state index contributed by atoms with van der Waals surface area (Å²) in [5.74, 6) is 2.29. The van der Waals surface area contributed by atoms with E-state index in [9.17, 15) is 13.2 Å². The molecule has 0 radical (unpaired) electrons. The number of pyridine rings is 1. The lowest BCUT2D eigenvalue weighted by molar-refractivity contribution is -0.137. The summed E-state index contributed by atoms with van der Waals surface area (Å²) in [6.07, 6.45) is -3.62. The Morgan fingerprint density at radius 1 is 1.04 bits per heavy atom. The van der Waals surface area contributed by atoms with Crippen molar-refractivity contribution in [3.05, 3.63) is 40.4 Å². The summed E-state index contributed by atoms with van der Waals surface area (Å²) in [4.78, 5) is 17.1. The van der Waals surface area contributed by atoms with Crippen LogP contribution < -0.4 is 9.80 Å². The predicted octanol–water partition coefficient (Wildman–Crippen LogP) is 4.30. The highest BCUT2D eigenvalue weighted by molar-refractivity contribution is 6.33. The largest absolute Gasteiger partial charge is 0.417 e. The second-order valence-corrected chi connectivity index (χ2v) is 7.29. The number of halogens is 4. The van der Waals surface area contributed by atoms with Crippen molar-refractivity contribution in [1.82, 2.24) is 15.0 Å². The summed E-state index contributed by atoms with van der Waals surface area (Å²) in [6.45, 7) is 8.58. The maximum Gasteiger partial charge on any atom is 0.417 e. The zero-order valence-corrected chi connectivity index (χ0v) is 16.1. The molecule has 5 nitrogen and oxygen atoms in total. The summed E-state index contributed by atoms with van der Waals surface area (Å²) >= 11 is 6.06. The maximum atomic E-state index is 12.8. The van der Waals surface area contributed by atoms with Crippen LogP contribution in [0.4, 0.5) is 24.8 Å². The van der Waals surface area contributed by atoms with Crippen LogP contribution in [0, 0.1) is 6.92 Å². The second-order valence-electron chi connectivity index (χ2n) is 6.88. The zero-order valence-electron chi connectivity index (χ0n) is 15.4. The molecule has 1 saturated heterocycles. The Hall–Kier alpha value is -2.09. The van der Waals surface area contributed by atoms with E-state index in [1.807, 2.05) is 17.9 Å². The number of hydrogen-bond acceptors (Lipinski definition) is 5. The average molecular weight is 400 g/mol. The van der Waals surface area contributed by atoms with Gasteiger partial charge in [0.15, 0.2) is 0 Å². The van der Waals surface area contributed by atoms with Gasteiger partial charge in [-0.25, -0.2) is 15.0 Å². The number of nitrogens with zero attached hydrogens (tertiary/aromatic N) is 5. The summed E-state index contributed by atoms with van der Waals surface area (Å²) in [7, 11) is 0. The molecule has 2 aromatic rings. The molecule has 0 atom stereocenters. The van der Waals surface area contributed by atoms with Crippen LogP contribution in [-0.2, 0) is 6.18 Å². The van der Waals surface area contributed by atoms with Crippen LogP contribution >= 0.6 is 11.6 Å². The van der Waals surface area contributed by atoms with Gasteiger partial charge in [0, 0.05) is 50.1 Å². The average Bonchev–Trinajstić information content (AvgIpc) is 2.60. The molecule has 0 aliphatic carbocycles. The number of hydrogen-bond donors (Lipinski definition) is 0. The second kappa shape index (κ2) is 7.50. The van der Waals surface area contributed by atoms with E-state index in [0.29, 0.717) is 32.0 Å². The van der Waals surface area contributed by atoms with Crippen molar-refractivity contribution in [1.29, 1.82) is 0 Å². The molecule has 0 unspecified atom stereocenters. The van der Waals surface area contributed by atoms with Crippen LogP contribution in [0.1, 0.15) is 36.8 Å². The summed E-state index contributed by atoms with van der Waals surface area (Å²) < 4.78 is 38.3. The minimum Gasteiger partial charge on any atom is -0.353 e. The van der Waals surface area contributed by atoms with Gasteiger partial charge in [-0.15, -0.1) is 0 Å². The first kappa shape index (κ1) is 19.7. The Morgan fingerprint density at radius 2 is 1.67 bits per heavy atom. The summed E-state index contributed by atoms with van der Waals surface area (Å²) in [6, 6.07) is 2.88. The fourth-order valence-electron chi connectivity index (χ4n) is 2.96. The molecule has 146 valence electrons. The number of piperazine rings is 1. The van der Waals surface area contributed by atoms with E-state index in [4.69, 9.17) is 11.6 Å². The number of anilines is 2. The Morgan fingerprint density at radius 3 is 2.22 bits per heavy atom. The van der Waals surface area contributed by atoms with E-state index in [-0.39, 0.29) is 10.9 Å². The van der Waals surface area contributed by atoms with Crippen molar-refractivity contribution in [2.75, 3.05) is 36.0 Å². The van der Waals surface area contributed by atoms with E-state index in [2.05, 4.69) is 33.7 Å². The third kappa shape index (κ3) is 4.43. The molecule has 0 aromatic carbocycles. The zero-order chi connectivity index (χ0) is 19.8. The van der Waals surface area contributed by atoms with Gasteiger partial charge in [-0.3, -0.25) is 0 Å². The van der Waals surface area contributed by atoms with Crippen LogP contribution in [0.2, 0.25) is 5.02 Å². The van der Waals surface area contributed by atoms with Crippen molar-refractivity contribution in [3.8, 4) is 0 Å².